The number of hydrogen-bond acceptors (Lipinski definition) is 2. The first-order valence-electron chi connectivity index (χ1n) is 6.21. The lowest BCUT2D eigenvalue weighted by Crippen LogP contribution is -2.16. The molecule has 0 aliphatic heterocycles. The van der Waals surface area contributed by atoms with E-state index in [-0.39, 0.29) is 5.92 Å². The zero-order valence-electron chi connectivity index (χ0n) is 10.1. The second-order valence-electron chi connectivity index (χ2n) is 4.36. The van der Waals surface area contributed by atoms with Crippen molar-refractivity contribution in [3.63, 3.8) is 0 Å². The van der Waals surface area contributed by atoms with Gasteiger partial charge in [0, 0.05) is 0 Å². The van der Waals surface area contributed by atoms with E-state index in [0.29, 0.717) is 13.0 Å². The van der Waals surface area contributed by atoms with Gasteiger partial charge in [-0.15, -0.1) is 0 Å². The zero-order valence-corrected chi connectivity index (χ0v) is 10.1. The van der Waals surface area contributed by atoms with Crippen LogP contribution in [0.4, 0.5) is 0 Å². The first kappa shape index (κ1) is 13.7. The molecule has 0 saturated carbocycles. The zero-order chi connectivity index (χ0) is 12.5. The fourth-order valence-corrected chi connectivity index (χ4v) is 1.92. The smallest absolute Gasteiger partial charge is 0.306 e. The Morgan fingerprint density at radius 2 is 1.88 bits per heavy atom. The van der Waals surface area contributed by atoms with Crippen molar-refractivity contribution in [2.45, 2.75) is 32.1 Å². The summed E-state index contributed by atoms with van der Waals surface area (Å²) in [5.74, 6) is -0.961. The van der Waals surface area contributed by atoms with Gasteiger partial charge in [-0.3, -0.25) is 4.79 Å². The van der Waals surface area contributed by atoms with Crippen molar-refractivity contribution in [1.82, 2.24) is 0 Å². The number of carboxylic acids is 1. The fourth-order valence-electron chi connectivity index (χ4n) is 1.92. The molecular weight excluding hydrogens is 214 g/mol. The highest BCUT2D eigenvalue weighted by Gasteiger charge is 2.17. The molecule has 1 aromatic carbocycles. The molecular formula is C14H21NO2. The summed E-state index contributed by atoms with van der Waals surface area (Å²) in [7, 11) is 0. The van der Waals surface area contributed by atoms with Crippen LogP contribution in [0.25, 0.3) is 0 Å². The van der Waals surface area contributed by atoms with Crippen molar-refractivity contribution in [3.05, 3.63) is 35.9 Å². The van der Waals surface area contributed by atoms with Crippen LogP contribution in [-0.4, -0.2) is 17.6 Å². The van der Waals surface area contributed by atoms with Crippen LogP contribution in [0.5, 0.6) is 0 Å². The molecule has 0 fully saturated rings. The predicted molar refractivity (Wildman–Crippen MR) is 68.8 cm³/mol. The van der Waals surface area contributed by atoms with Crippen LogP contribution in [0.2, 0.25) is 0 Å². The number of hydrogen-bond donors (Lipinski definition) is 2. The van der Waals surface area contributed by atoms with Crippen LogP contribution in [0.15, 0.2) is 30.3 Å². The molecule has 0 aromatic heterocycles. The average molecular weight is 235 g/mol. The second kappa shape index (κ2) is 7.85. The Kier molecular flexibility index (Phi) is 6.33. The minimum absolute atomic E-state index is 0.268. The van der Waals surface area contributed by atoms with Gasteiger partial charge < -0.3 is 10.8 Å². The molecule has 1 rings (SSSR count). The predicted octanol–water partition coefficient (Wildman–Crippen LogP) is 2.45. The summed E-state index contributed by atoms with van der Waals surface area (Å²) in [5, 5.41) is 9.17. The van der Waals surface area contributed by atoms with Crippen LogP contribution in [-0.2, 0) is 11.2 Å². The Hall–Kier alpha value is -1.35. The summed E-state index contributed by atoms with van der Waals surface area (Å²) in [4.78, 5) is 11.1. The molecule has 0 heterocycles. The van der Waals surface area contributed by atoms with Gasteiger partial charge in [-0.25, -0.2) is 0 Å². The molecule has 0 spiro atoms. The number of carboxylic acid groups (broad SMARTS) is 1. The lowest BCUT2D eigenvalue weighted by molar-refractivity contribution is -0.142. The van der Waals surface area contributed by atoms with E-state index in [9.17, 15) is 4.79 Å². The molecule has 0 bridgehead atoms. The van der Waals surface area contributed by atoms with Crippen LogP contribution < -0.4 is 5.73 Å². The van der Waals surface area contributed by atoms with Crippen molar-refractivity contribution >= 4 is 5.97 Å². The van der Waals surface area contributed by atoms with Gasteiger partial charge in [-0.2, -0.15) is 0 Å². The molecule has 3 heteroatoms. The first-order chi connectivity index (χ1) is 8.24. The molecule has 3 nitrogen and oxygen atoms in total. The Labute approximate surface area is 103 Å². The summed E-state index contributed by atoms with van der Waals surface area (Å²) < 4.78 is 0. The summed E-state index contributed by atoms with van der Waals surface area (Å²) in [6.07, 6.45) is 4.32. The molecule has 0 aliphatic rings. The van der Waals surface area contributed by atoms with E-state index in [2.05, 4.69) is 0 Å². The Bertz CT molecular complexity index is 324. The van der Waals surface area contributed by atoms with Crippen molar-refractivity contribution in [1.29, 1.82) is 0 Å². The van der Waals surface area contributed by atoms with Crippen molar-refractivity contribution in [2.75, 3.05) is 6.54 Å². The fraction of sp³-hybridized carbons (Fsp3) is 0.500. The van der Waals surface area contributed by atoms with Crippen molar-refractivity contribution in [2.24, 2.45) is 11.7 Å². The largest absolute Gasteiger partial charge is 0.481 e. The minimum atomic E-state index is -0.693. The molecule has 1 aromatic rings. The summed E-state index contributed by atoms with van der Waals surface area (Å²) in [5.41, 5.74) is 6.51. The van der Waals surface area contributed by atoms with Crippen molar-refractivity contribution in [3.8, 4) is 0 Å². The van der Waals surface area contributed by atoms with E-state index in [0.717, 1.165) is 31.2 Å². The lowest BCUT2D eigenvalue weighted by Gasteiger charge is -2.12. The number of benzene rings is 1. The molecule has 0 amide bonds. The maximum absolute atomic E-state index is 11.1. The quantitative estimate of drug-likeness (QED) is 0.680. The number of aliphatic carboxylic acids is 1. The normalized spacial score (nSPS) is 12.3. The third kappa shape index (κ3) is 5.50. The highest BCUT2D eigenvalue weighted by molar-refractivity contribution is 5.70. The molecule has 1 atom stereocenters. The molecule has 17 heavy (non-hydrogen) atoms. The number of unbranched alkanes of at least 4 members (excludes halogenated alkanes) is 2. The molecule has 0 saturated heterocycles. The first-order valence-corrected chi connectivity index (χ1v) is 6.21. The second-order valence-corrected chi connectivity index (χ2v) is 4.36. The standard InChI is InChI=1S/C14H21NO2/c15-10-6-2-5-9-13(14(16)17)11-12-7-3-1-4-8-12/h1,3-4,7-8,13H,2,5-6,9-11,15H2,(H,16,17)/t13-/m1/s1. The highest BCUT2D eigenvalue weighted by Crippen LogP contribution is 2.16. The highest BCUT2D eigenvalue weighted by atomic mass is 16.4. The number of nitrogens with two attached hydrogens (primary N) is 1. The minimum Gasteiger partial charge on any atom is -0.481 e. The molecule has 3 N–H and O–H groups in total. The maximum Gasteiger partial charge on any atom is 0.306 e. The maximum atomic E-state index is 11.1. The van der Waals surface area contributed by atoms with Gasteiger partial charge in [0.15, 0.2) is 0 Å². The van der Waals surface area contributed by atoms with Gasteiger partial charge in [0.05, 0.1) is 5.92 Å². The van der Waals surface area contributed by atoms with Gasteiger partial charge in [-0.1, -0.05) is 43.2 Å². The van der Waals surface area contributed by atoms with Crippen LogP contribution in [0.3, 0.4) is 0 Å². The van der Waals surface area contributed by atoms with Crippen molar-refractivity contribution < 1.29 is 9.90 Å². The van der Waals surface area contributed by atoms with E-state index in [1.54, 1.807) is 0 Å². The van der Waals surface area contributed by atoms with Gasteiger partial charge in [0.25, 0.3) is 0 Å². The number of rotatable bonds is 8. The topological polar surface area (TPSA) is 63.3 Å². The van der Waals surface area contributed by atoms with Gasteiger partial charge in [0.2, 0.25) is 0 Å². The van der Waals surface area contributed by atoms with Crippen LogP contribution in [0.1, 0.15) is 31.2 Å². The van der Waals surface area contributed by atoms with E-state index >= 15 is 0 Å². The van der Waals surface area contributed by atoms with Gasteiger partial charge in [-0.05, 0) is 31.4 Å². The van der Waals surface area contributed by atoms with Gasteiger partial charge in [0.1, 0.15) is 0 Å². The van der Waals surface area contributed by atoms with E-state index < -0.39 is 5.97 Å². The lowest BCUT2D eigenvalue weighted by atomic mass is 9.94. The monoisotopic (exact) mass is 235 g/mol. The van der Waals surface area contributed by atoms with Crippen LogP contribution >= 0.6 is 0 Å². The van der Waals surface area contributed by atoms with Gasteiger partial charge >= 0.3 is 5.97 Å². The van der Waals surface area contributed by atoms with E-state index in [1.165, 1.54) is 0 Å². The molecule has 0 radical (unpaired) electrons. The average Bonchev–Trinajstić information content (AvgIpc) is 2.34. The Balaban J connectivity index is 2.41. The summed E-state index contributed by atoms with van der Waals surface area (Å²) in [6.45, 7) is 0.691. The van der Waals surface area contributed by atoms with Crippen LogP contribution in [0, 0.1) is 5.92 Å². The molecule has 94 valence electrons. The summed E-state index contributed by atoms with van der Waals surface area (Å²) >= 11 is 0. The number of carbonyl (C=O) groups is 1. The Morgan fingerprint density at radius 3 is 2.47 bits per heavy atom. The van der Waals surface area contributed by atoms with E-state index in [1.807, 2.05) is 30.3 Å². The SMILES string of the molecule is NCCCCC[C@H](Cc1ccccc1)C(=O)O. The Morgan fingerprint density at radius 1 is 1.18 bits per heavy atom. The molecule has 0 unspecified atom stereocenters. The molecule has 0 aliphatic carbocycles. The summed E-state index contributed by atoms with van der Waals surface area (Å²) in [6, 6.07) is 9.80. The van der Waals surface area contributed by atoms with E-state index in [4.69, 9.17) is 10.8 Å². The third-order valence-electron chi connectivity index (χ3n) is 2.93. The third-order valence-corrected chi connectivity index (χ3v) is 2.93.